The molecule has 0 aliphatic carbocycles. The molecule has 0 amide bonds. The van der Waals surface area contributed by atoms with Gasteiger partial charge in [-0.15, -0.1) is 0 Å². The summed E-state index contributed by atoms with van der Waals surface area (Å²) < 4.78 is 16.6. The lowest BCUT2D eigenvalue weighted by Crippen LogP contribution is -2.29. The number of carboxylic acids is 2. The van der Waals surface area contributed by atoms with Crippen molar-refractivity contribution in [2.75, 3.05) is 33.0 Å². The second-order valence-electron chi connectivity index (χ2n) is 6.23. The van der Waals surface area contributed by atoms with E-state index in [1.807, 2.05) is 13.8 Å². The van der Waals surface area contributed by atoms with E-state index in [0.717, 1.165) is 12.2 Å². The monoisotopic (exact) mass is 374 g/mol. The fourth-order valence-electron chi connectivity index (χ4n) is 1.79. The number of carboxylic acid groups (broad SMARTS) is 2. The van der Waals surface area contributed by atoms with E-state index in [2.05, 4.69) is 0 Å². The zero-order chi connectivity index (χ0) is 19.9. The van der Waals surface area contributed by atoms with Gasteiger partial charge in [0.05, 0.1) is 39.1 Å². The molecule has 0 aromatic rings. The molecule has 4 atom stereocenters. The lowest BCUT2D eigenvalue weighted by atomic mass is 10.2. The molecule has 26 heavy (non-hydrogen) atoms. The van der Waals surface area contributed by atoms with Crippen molar-refractivity contribution in [2.45, 2.75) is 33.0 Å². The van der Waals surface area contributed by atoms with E-state index in [-0.39, 0.29) is 37.8 Å². The predicted molar refractivity (Wildman–Crippen MR) is 94.9 cm³/mol. The lowest BCUT2D eigenvalue weighted by Gasteiger charge is -2.20. The first kappa shape index (κ1) is 24.3. The Bertz CT molecular complexity index is 458. The zero-order valence-electron chi connectivity index (χ0n) is 15.5. The summed E-state index contributed by atoms with van der Waals surface area (Å²) in [6.07, 6.45) is 4.25. The number of rotatable bonds is 15. The van der Waals surface area contributed by atoms with E-state index in [1.54, 1.807) is 13.0 Å². The largest absolute Gasteiger partial charge is 0.478 e. The highest BCUT2D eigenvalue weighted by Crippen LogP contribution is 2.05. The molecule has 0 rings (SSSR count). The molecule has 0 saturated carbocycles. The molecule has 8 heteroatoms. The normalized spacial score (nSPS) is 16.6. The van der Waals surface area contributed by atoms with Gasteiger partial charge in [0.1, 0.15) is 6.10 Å². The molecular weight excluding hydrogens is 344 g/mol. The highest BCUT2D eigenvalue weighted by Gasteiger charge is 2.13. The first-order valence-electron chi connectivity index (χ1n) is 8.48. The molecule has 0 aromatic heterocycles. The fourth-order valence-corrected chi connectivity index (χ4v) is 1.79. The van der Waals surface area contributed by atoms with E-state index in [0.29, 0.717) is 13.2 Å². The molecule has 8 nitrogen and oxygen atoms in total. The molecule has 0 bridgehead atoms. The Balaban J connectivity index is 4.36. The van der Waals surface area contributed by atoms with Crippen molar-refractivity contribution in [2.24, 2.45) is 11.8 Å². The predicted octanol–water partition coefficient (Wildman–Crippen LogP) is 1.34. The van der Waals surface area contributed by atoms with Crippen LogP contribution < -0.4 is 0 Å². The van der Waals surface area contributed by atoms with Crippen molar-refractivity contribution in [1.29, 1.82) is 0 Å². The molecule has 3 N–H and O–H groups in total. The second-order valence-corrected chi connectivity index (χ2v) is 6.23. The first-order chi connectivity index (χ1) is 12.2. The van der Waals surface area contributed by atoms with Crippen molar-refractivity contribution in [3.05, 3.63) is 24.3 Å². The van der Waals surface area contributed by atoms with Crippen LogP contribution in [-0.2, 0) is 23.8 Å². The molecule has 0 spiro atoms. The Morgan fingerprint density at radius 1 is 0.808 bits per heavy atom. The Morgan fingerprint density at radius 3 is 1.73 bits per heavy atom. The summed E-state index contributed by atoms with van der Waals surface area (Å²) in [5, 5.41) is 26.5. The standard InChI is InChI=1S/C18H30O8/c1-13(4-6-17(20)21)8-24-11-16(12-25-10-15(3)19)26-9-14(2)5-7-18(22)23/h4-7,13-16,19H,8-12H2,1-3H3,(H,20,21)(H,22,23)/b6-4+,7-5+/t13-,14+,15+,16+/m1/s1. The van der Waals surface area contributed by atoms with Crippen LogP contribution >= 0.6 is 0 Å². The number of ether oxygens (including phenoxy) is 3. The Kier molecular flexibility index (Phi) is 13.5. The Labute approximate surface area is 154 Å². The fraction of sp³-hybridized carbons (Fsp3) is 0.667. The molecule has 0 aliphatic rings. The maximum Gasteiger partial charge on any atom is 0.327 e. The van der Waals surface area contributed by atoms with Gasteiger partial charge >= 0.3 is 11.9 Å². The summed E-state index contributed by atoms with van der Waals surface area (Å²) in [6, 6.07) is 0. The maximum atomic E-state index is 10.5. The van der Waals surface area contributed by atoms with E-state index < -0.39 is 18.0 Å². The van der Waals surface area contributed by atoms with Gasteiger partial charge < -0.3 is 29.5 Å². The molecule has 0 radical (unpaired) electrons. The third-order valence-corrected chi connectivity index (χ3v) is 3.08. The minimum atomic E-state index is -1.01. The van der Waals surface area contributed by atoms with Gasteiger partial charge in [0.25, 0.3) is 0 Å². The molecule has 0 fully saturated rings. The van der Waals surface area contributed by atoms with E-state index in [9.17, 15) is 14.7 Å². The van der Waals surface area contributed by atoms with Gasteiger partial charge in [-0.2, -0.15) is 0 Å². The summed E-state index contributed by atoms with van der Waals surface area (Å²) in [7, 11) is 0. The van der Waals surface area contributed by atoms with Crippen molar-refractivity contribution < 1.29 is 39.1 Å². The molecule has 0 unspecified atom stereocenters. The van der Waals surface area contributed by atoms with Crippen molar-refractivity contribution >= 4 is 11.9 Å². The van der Waals surface area contributed by atoms with Crippen LogP contribution in [0.15, 0.2) is 24.3 Å². The molecular formula is C18H30O8. The highest BCUT2D eigenvalue weighted by atomic mass is 16.6. The van der Waals surface area contributed by atoms with Crippen LogP contribution in [0, 0.1) is 11.8 Å². The smallest absolute Gasteiger partial charge is 0.327 e. The first-order valence-corrected chi connectivity index (χ1v) is 8.48. The highest BCUT2D eigenvalue weighted by molar-refractivity contribution is 5.80. The quantitative estimate of drug-likeness (QED) is 0.367. The molecule has 0 aliphatic heterocycles. The third kappa shape index (κ3) is 15.8. The van der Waals surface area contributed by atoms with Crippen LogP contribution in [0.25, 0.3) is 0 Å². The number of hydrogen-bond acceptors (Lipinski definition) is 6. The summed E-state index contributed by atoms with van der Waals surface area (Å²) >= 11 is 0. The van der Waals surface area contributed by atoms with Crippen LogP contribution in [0.4, 0.5) is 0 Å². The summed E-state index contributed by atoms with van der Waals surface area (Å²) in [5.41, 5.74) is 0. The molecule has 0 saturated heterocycles. The van der Waals surface area contributed by atoms with E-state index in [4.69, 9.17) is 24.4 Å². The van der Waals surface area contributed by atoms with Gasteiger partial charge in [-0.25, -0.2) is 9.59 Å². The van der Waals surface area contributed by atoms with Crippen LogP contribution in [0.3, 0.4) is 0 Å². The van der Waals surface area contributed by atoms with Gasteiger partial charge in [0.2, 0.25) is 0 Å². The van der Waals surface area contributed by atoms with Gasteiger partial charge in [-0.1, -0.05) is 26.0 Å². The van der Waals surface area contributed by atoms with Gasteiger partial charge in [0.15, 0.2) is 0 Å². The molecule has 0 aromatic carbocycles. The maximum absolute atomic E-state index is 10.5. The SMILES string of the molecule is C[C@H](O)COC[C@H](COC[C@H](C)/C=C/C(=O)O)OC[C@@H](C)/C=C/C(=O)O. The van der Waals surface area contributed by atoms with E-state index in [1.165, 1.54) is 6.08 Å². The van der Waals surface area contributed by atoms with Crippen molar-refractivity contribution in [1.82, 2.24) is 0 Å². The molecule has 0 heterocycles. The van der Waals surface area contributed by atoms with Crippen LogP contribution in [0.2, 0.25) is 0 Å². The summed E-state index contributed by atoms with van der Waals surface area (Å²) in [5.74, 6) is -2.18. The van der Waals surface area contributed by atoms with Gasteiger partial charge in [-0.3, -0.25) is 0 Å². The minimum absolute atomic E-state index is 0.0671. The minimum Gasteiger partial charge on any atom is -0.478 e. The number of carbonyl (C=O) groups is 2. The van der Waals surface area contributed by atoms with Crippen molar-refractivity contribution in [3.63, 3.8) is 0 Å². The summed E-state index contributed by atoms with van der Waals surface area (Å²) in [6.45, 7) is 6.53. The number of hydrogen-bond donors (Lipinski definition) is 3. The average Bonchev–Trinajstić information content (AvgIpc) is 2.55. The summed E-state index contributed by atoms with van der Waals surface area (Å²) in [4.78, 5) is 21.0. The third-order valence-electron chi connectivity index (χ3n) is 3.08. The average molecular weight is 374 g/mol. The Morgan fingerprint density at radius 2 is 1.27 bits per heavy atom. The number of aliphatic carboxylic acids is 2. The number of aliphatic hydroxyl groups is 1. The van der Waals surface area contributed by atoms with Gasteiger partial charge in [-0.05, 0) is 18.8 Å². The van der Waals surface area contributed by atoms with Crippen LogP contribution in [0.1, 0.15) is 20.8 Å². The topological polar surface area (TPSA) is 123 Å². The van der Waals surface area contributed by atoms with Crippen molar-refractivity contribution in [3.8, 4) is 0 Å². The van der Waals surface area contributed by atoms with Gasteiger partial charge in [0, 0.05) is 12.2 Å². The molecule has 150 valence electrons. The van der Waals surface area contributed by atoms with Crippen LogP contribution in [0.5, 0.6) is 0 Å². The Hall–Kier alpha value is -1.74. The zero-order valence-corrected chi connectivity index (χ0v) is 15.5. The lowest BCUT2D eigenvalue weighted by molar-refractivity contribution is -0.132. The second kappa shape index (κ2) is 14.4. The van der Waals surface area contributed by atoms with E-state index >= 15 is 0 Å². The number of aliphatic hydroxyl groups excluding tert-OH is 1. The van der Waals surface area contributed by atoms with Crippen LogP contribution in [-0.4, -0.2) is 72.5 Å².